The lowest BCUT2D eigenvalue weighted by atomic mass is 10.2. The molecule has 1 heterocycles. The summed E-state index contributed by atoms with van der Waals surface area (Å²) in [5.74, 6) is 2.16. The molecule has 0 bridgehead atoms. The molecule has 1 amide bonds. The smallest absolute Gasteiger partial charge is 0.235 e. The highest BCUT2D eigenvalue weighted by atomic mass is 16.2. The van der Waals surface area contributed by atoms with Crippen LogP contribution in [-0.2, 0) is 9.59 Å². The van der Waals surface area contributed by atoms with Crippen LogP contribution in [0, 0.1) is 12.0 Å². The first-order valence-electron chi connectivity index (χ1n) is 2.60. The zero-order valence-electron chi connectivity index (χ0n) is 4.76. The number of carbonyl (C=O) groups excluding carboxylic acids is 2. The molecule has 1 rings (SSSR count). The molecule has 1 fully saturated rings. The molecule has 0 unspecified atom stereocenters. The van der Waals surface area contributed by atoms with Crippen molar-refractivity contribution >= 4 is 12.2 Å². The average molecular weight is 123 g/mol. The van der Waals surface area contributed by atoms with Crippen LogP contribution in [0.2, 0.25) is 0 Å². The Morgan fingerprint density at radius 2 is 2.44 bits per heavy atom. The maximum absolute atomic E-state index is 10.4. The zero-order valence-corrected chi connectivity index (χ0v) is 4.76. The van der Waals surface area contributed by atoms with Gasteiger partial charge >= 0.3 is 0 Å². The average Bonchev–Trinajstić information content (AvgIpc) is 1.86. The minimum absolute atomic E-state index is 0.00403. The molecule has 1 aliphatic rings. The van der Waals surface area contributed by atoms with Crippen LogP contribution in [0.25, 0.3) is 0 Å². The molecule has 0 aromatic rings. The van der Waals surface area contributed by atoms with Crippen molar-refractivity contribution in [1.29, 1.82) is 0 Å². The Bertz CT molecular complexity index is 199. The van der Waals surface area contributed by atoms with Gasteiger partial charge in [0.15, 0.2) is 6.29 Å². The van der Waals surface area contributed by atoms with E-state index < -0.39 is 0 Å². The predicted molar refractivity (Wildman–Crippen MR) is 30.2 cm³/mol. The van der Waals surface area contributed by atoms with Crippen LogP contribution in [0.15, 0.2) is 0 Å². The van der Waals surface area contributed by atoms with Crippen molar-refractivity contribution in [3.63, 3.8) is 0 Å². The largest absolute Gasteiger partial charge is 0.289 e. The van der Waals surface area contributed by atoms with Crippen LogP contribution in [0.1, 0.15) is 6.42 Å². The maximum atomic E-state index is 10.4. The molecule has 1 aliphatic heterocycles. The number of aldehydes is 1. The van der Waals surface area contributed by atoms with E-state index >= 15 is 0 Å². The fourth-order valence-electron chi connectivity index (χ4n) is 0.537. The SMILES string of the molecule is O=CC#CN1CCC1=O. The highest BCUT2D eigenvalue weighted by molar-refractivity contribution is 5.84. The van der Waals surface area contributed by atoms with E-state index in [2.05, 4.69) is 12.0 Å². The molecule has 0 aromatic heterocycles. The number of likely N-dealkylation sites (tertiary alicyclic amines) is 1. The third kappa shape index (κ3) is 1.08. The Kier molecular flexibility index (Phi) is 1.50. The first-order chi connectivity index (χ1) is 4.34. The molecule has 0 radical (unpaired) electrons. The third-order valence-corrected chi connectivity index (χ3v) is 1.11. The maximum Gasteiger partial charge on any atom is 0.235 e. The fraction of sp³-hybridized carbons (Fsp3) is 0.333. The highest BCUT2D eigenvalue weighted by Gasteiger charge is 2.21. The Morgan fingerprint density at radius 1 is 1.67 bits per heavy atom. The monoisotopic (exact) mass is 123 g/mol. The fourth-order valence-corrected chi connectivity index (χ4v) is 0.537. The second kappa shape index (κ2) is 2.31. The molecule has 3 nitrogen and oxygen atoms in total. The van der Waals surface area contributed by atoms with Gasteiger partial charge in [-0.1, -0.05) is 0 Å². The normalized spacial score (nSPS) is 15.6. The van der Waals surface area contributed by atoms with Gasteiger partial charge in [0.1, 0.15) is 0 Å². The van der Waals surface area contributed by atoms with Gasteiger partial charge in [-0.2, -0.15) is 0 Å². The second-order valence-corrected chi connectivity index (χ2v) is 1.67. The van der Waals surface area contributed by atoms with Crippen molar-refractivity contribution in [2.45, 2.75) is 6.42 Å². The summed E-state index contributed by atoms with van der Waals surface area (Å²) in [6.45, 7) is 0.666. The van der Waals surface area contributed by atoms with E-state index in [1.165, 1.54) is 4.90 Å². The Balaban J connectivity index is 2.45. The summed E-state index contributed by atoms with van der Waals surface area (Å²) in [4.78, 5) is 21.4. The van der Waals surface area contributed by atoms with Gasteiger partial charge in [0.05, 0.1) is 0 Å². The molecule has 0 saturated carbocycles. The van der Waals surface area contributed by atoms with Crippen molar-refractivity contribution in [2.24, 2.45) is 0 Å². The molecule has 1 saturated heterocycles. The summed E-state index contributed by atoms with van der Waals surface area (Å²) in [6.07, 6.45) is 1.04. The van der Waals surface area contributed by atoms with E-state index in [0.717, 1.165) is 0 Å². The topological polar surface area (TPSA) is 37.4 Å². The Hall–Kier alpha value is -1.30. The van der Waals surface area contributed by atoms with Gasteiger partial charge in [0.25, 0.3) is 0 Å². The molecule has 46 valence electrons. The lowest BCUT2D eigenvalue weighted by Crippen LogP contribution is -2.39. The van der Waals surface area contributed by atoms with Crippen LogP contribution in [-0.4, -0.2) is 23.6 Å². The minimum Gasteiger partial charge on any atom is -0.289 e. The van der Waals surface area contributed by atoms with Crippen LogP contribution in [0.5, 0.6) is 0 Å². The molecule has 0 spiro atoms. The van der Waals surface area contributed by atoms with E-state index in [1.807, 2.05) is 0 Å². The van der Waals surface area contributed by atoms with Crippen molar-refractivity contribution in [2.75, 3.05) is 6.54 Å². The molecule has 0 atom stereocenters. The molecule has 0 aromatic carbocycles. The standard InChI is InChI=1S/C6H5NO2/c8-5-1-3-7-4-2-6(7)9/h5H,2,4H2. The van der Waals surface area contributed by atoms with Gasteiger partial charge in [0, 0.05) is 19.0 Å². The van der Waals surface area contributed by atoms with Gasteiger partial charge in [-0.05, 0) is 5.92 Å². The Labute approximate surface area is 52.6 Å². The molecule has 0 N–H and O–H groups in total. The third-order valence-electron chi connectivity index (χ3n) is 1.11. The lowest BCUT2D eigenvalue weighted by Gasteiger charge is -2.23. The van der Waals surface area contributed by atoms with Gasteiger partial charge in [0.2, 0.25) is 5.91 Å². The van der Waals surface area contributed by atoms with Crippen LogP contribution >= 0.6 is 0 Å². The summed E-state index contributed by atoms with van der Waals surface area (Å²) < 4.78 is 0. The Morgan fingerprint density at radius 3 is 2.78 bits per heavy atom. The number of carbonyl (C=O) groups is 2. The lowest BCUT2D eigenvalue weighted by molar-refractivity contribution is -0.135. The molecule has 3 heteroatoms. The van der Waals surface area contributed by atoms with Crippen LogP contribution in [0.4, 0.5) is 0 Å². The van der Waals surface area contributed by atoms with Gasteiger partial charge in [-0.3, -0.25) is 14.5 Å². The van der Waals surface area contributed by atoms with Crippen molar-refractivity contribution in [1.82, 2.24) is 4.90 Å². The molecular weight excluding hydrogens is 118 g/mol. The van der Waals surface area contributed by atoms with E-state index in [4.69, 9.17) is 0 Å². The quantitative estimate of drug-likeness (QED) is 0.244. The second-order valence-electron chi connectivity index (χ2n) is 1.67. The summed E-state index contributed by atoms with van der Waals surface area (Å²) >= 11 is 0. The van der Waals surface area contributed by atoms with Crippen molar-refractivity contribution < 1.29 is 9.59 Å². The van der Waals surface area contributed by atoms with Gasteiger partial charge in [-0.15, -0.1) is 0 Å². The molecule has 0 aliphatic carbocycles. The summed E-state index contributed by atoms with van der Waals surface area (Å²) in [5.41, 5.74) is 0. The van der Waals surface area contributed by atoms with Crippen LogP contribution in [0.3, 0.4) is 0 Å². The van der Waals surface area contributed by atoms with Crippen molar-refractivity contribution in [3.05, 3.63) is 0 Å². The number of amides is 1. The zero-order chi connectivity index (χ0) is 6.69. The number of nitrogens with zero attached hydrogens (tertiary/aromatic N) is 1. The number of hydrogen-bond donors (Lipinski definition) is 0. The number of β-lactam (4-membered cyclic amide) rings is 1. The first-order valence-corrected chi connectivity index (χ1v) is 2.60. The summed E-state index contributed by atoms with van der Waals surface area (Å²) in [5, 5.41) is 0. The predicted octanol–water partition coefficient (Wildman–Crippen LogP) is -0.621. The molecular formula is C6H5NO2. The van der Waals surface area contributed by atoms with Crippen molar-refractivity contribution in [3.8, 4) is 12.0 Å². The first kappa shape index (κ1) is 5.83. The summed E-state index contributed by atoms with van der Waals surface area (Å²) in [7, 11) is 0. The van der Waals surface area contributed by atoms with Gasteiger partial charge in [-0.25, -0.2) is 0 Å². The van der Waals surface area contributed by atoms with E-state index in [0.29, 0.717) is 19.3 Å². The number of rotatable bonds is 0. The minimum atomic E-state index is 0.00403. The number of hydrogen-bond acceptors (Lipinski definition) is 2. The van der Waals surface area contributed by atoms with E-state index in [9.17, 15) is 9.59 Å². The molecule has 9 heavy (non-hydrogen) atoms. The van der Waals surface area contributed by atoms with Crippen LogP contribution < -0.4 is 0 Å². The van der Waals surface area contributed by atoms with E-state index in [-0.39, 0.29) is 5.91 Å². The van der Waals surface area contributed by atoms with E-state index in [1.54, 1.807) is 0 Å². The highest BCUT2D eigenvalue weighted by Crippen LogP contribution is 2.04. The van der Waals surface area contributed by atoms with Gasteiger partial charge < -0.3 is 0 Å². The summed E-state index contributed by atoms with van der Waals surface area (Å²) in [6, 6.07) is 2.38.